The summed E-state index contributed by atoms with van der Waals surface area (Å²) in [7, 11) is 0. The standard InChI is InChI=1S/C17H16AsBrClFO/c1-2-3-5-17-6-4-12(22)15(19)13(17)9-7-11(21)14(18)16(20)10(9)8-17/h7H,2-6,8H2,1H3. The minimum absolute atomic E-state index is 0.0675. The molecule has 0 bridgehead atoms. The Morgan fingerprint density at radius 2 is 2.23 bits per heavy atom. The Morgan fingerprint density at radius 1 is 1.50 bits per heavy atom. The number of benzene rings is 1. The zero-order valence-corrected chi connectivity index (χ0v) is 16.5. The van der Waals surface area contributed by atoms with Gasteiger partial charge in [-0.3, -0.25) is 0 Å². The summed E-state index contributed by atoms with van der Waals surface area (Å²) in [5.74, 6) is -0.205. The van der Waals surface area contributed by atoms with Crippen LogP contribution in [0.15, 0.2) is 10.5 Å². The molecule has 0 amide bonds. The number of carbonyl (C=O) groups excluding carboxylic acids is 1. The summed E-state index contributed by atoms with van der Waals surface area (Å²) in [4.78, 5) is 12.2. The van der Waals surface area contributed by atoms with Crippen molar-refractivity contribution in [2.45, 2.75) is 45.4 Å². The number of carbonyl (C=O) groups is 1. The molecule has 1 atom stereocenters. The number of fused-ring (bicyclic) bond motifs is 3. The van der Waals surface area contributed by atoms with Crippen molar-refractivity contribution in [3.63, 3.8) is 0 Å². The van der Waals surface area contributed by atoms with Crippen LogP contribution in [0.1, 0.15) is 50.2 Å². The van der Waals surface area contributed by atoms with Crippen molar-refractivity contribution >= 4 is 60.1 Å². The predicted octanol–water partition coefficient (Wildman–Crippen LogP) is 4.47. The van der Waals surface area contributed by atoms with Gasteiger partial charge < -0.3 is 0 Å². The third kappa shape index (κ3) is 2.44. The monoisotopic (exact) mass is 444 g/mol. The van der Waals surface area contributed by atoms with Crippen LogP contribution in [-0.4, -0.2) is 22.6 Å². The van der Waals surface area contributed by atoms with Crippen LogP contribution >= 0.6 is 27.5 Å². The molecule has 116 valence electrons. The summed E-state index contributed by atoms with van der Waals surface area (Å²) >= 11 is 12.1. The molecule has 2 radical (unpaired) electrons. The number of hydrogen-bond acceptors (Lipinski definition) is 1. The molecule has 0 saturated heterocycles. The van der Waals surface area contributed by atoms with Gasteiger partial charge in [0.1, 0.15) is 0 Å². The molecule has 2 aliphatic rings. The van der Waals surface area contributed by atoms with Crippen molar-refractivity contribution in [3.05, 3.63) is 32.5 Å². The van der Waals surface area contributed by atoms with Gasteiger partial charge >= 0.3 is 153 Å². The fourth-order valence-electron chi connectivity index (χ4n) is 3.78. The second-order valence-electron chi connectivity index (χ2n) is 6.22. The van der Waals surface area contributed by atoms with Crippen LogP contribution in [0.4, 0.5) is 4.39 Å². The van der Waals surface area contributed by atoms with Crippen LogP contribution in [0.5, 0.6) is 0 Å². The van der Waals surface area contributed by atoms with Gasteiger partial charge in [0.15, 0.2) is 0 Å². The van der Waals surface area contributed by atoms with Crippen molar-refractivity contribution < 1.29 is 9.18 Å². The first-order chi connectivity index (χ1) is 10.4. The zero-order chi connectivity index (χ0) is 16.1. The Bertz CT molecular complexity index is 700. The van der Waals surface area contributed by atoms with Crippen LogP contribution in [-0.2, 0) is 11.2 Å². The molecule has 0 aromatic heterocycles. The average Bonchev–Trinajstić information content (AvgIpc) is 2.82. The maximum atomic E-state index is 14.2. The Balaban J connectivity index is 2.23. The van der Waals surface area contributed by atoms with Crippen molar-refractivity contribution in [2.75, 3.05) is 0 Å². The molecule has 0 fully saturated rings. The summed E-state index contributed by atoms with van der Waals surface area (Å²) in [5.41, 5.74) is 2.74. The van der Waals surface area contributed by atoms with E-state index in [9.17, 15) is 9.18 Å². The van der Waals surface area contributed by atoms with Crippen molar-refractivity contribution in [3.8, 4) is 0 Å². The molecule has 1 unspecified atom stereocenters. The quantitative estimate of drug-likeness (QED) is 0.628. The van der Waals surface area contributed by atoms with E-state index < -0.39 is 0 Å². The summed E-state index contributed by atoms with van der Waals surface area (Å²) in [6.45, 7) is 2.17. The van der Waals surface area contributed by atoms with Gasteiger partial charge in [-0.25, -0.2) is 0 Å². The van der Waals surface area contributed by atoms with E-state index in [2.05, 4.69) is 39.7 Å². The predicted molar refractivity (Wildman–Crippen MR) is 92.5 cm³/mol. The molecule has 1 aromatic carbocycles. The molecule has 22 heavy (non-hydrogen) atoms. The van der Waals surface area contributed by atoms with E-state index in [1.807, 2.05) is 0 Å². The van der Waals surface area contributed by atoms with E-state index in [1.165, 1.54) is 0 Å². The number of hydrogen-bond donors (Lipinski definition) is 0. The number of halogens is 3. The molecule has 5 heteroatoms. The van der Waals surface area contributed by atoms with Crippen LogP contribution in [0.25, 0.3) is 5.57 Å². The molecule has 0 aliphatic heterocycles. The van der Waals surface area contributed by atoms with E-state index in [1.54, 1.807) is 6.07 Å². The topological polar surface area (TPSA) is 17.1 Å². The van der Waals surface area contributed by atoms with Gasteiger partial charge in [-0.1, -0.05) is 0 Å². The van der Waals surface area contributed by atoms with Crippen molar-refractivity contribution in [1.29, 1.82) is 0 Å². The second kappa shape index (κ2) is 6.07. The number of rotatable bonds is 3. The van der Waals surface area contributed by atoms with Gasteiger partial charge in [0, 0.05) is 0 Å². The maximum absolute atomic E-state index is 14.2. The molecule has 3 rings (SSSR count). The van der Waals surface area contributed by atoms with E-state index >= 15 is 0 Å². The number of ketones is 1. The average molecular weight is 446 g/mol. The molecule has 2 aliphatic carbocycles. The summed E-state index contributed by atoms with van der Waals surface area (Å²) in [5, 5.41) is 0.500. The molecule has 0 saturated carbocycles. The molecule has 0 spiro atoms. The molecular formula is C17H16AsBrClFO. The van der Waals surface area contributed by atoms with E-state index in [0.717, 1.165) is 48.8 Å². The fraction of sp³-hybridized carbons (Fsp3) is 0.471. The first-order valence-corrected chi connectivity index (χ1v) is 9.66. The Kier molecular flexibility index (Phi) is 4.62. The molecular weight excluding hydrogens is 429 g/mol. The van der Waals surface area contributed by atoms with Crippen LogP contribution in [0.2, 0.25) is 5.02 Å². The van der Waals surface area contributed by atoms with E-state index in [0.29, 0.717) is 20.3 Å². The SMILES string of the molecule is CCCCC12CCC(=O)C(Br)=C1c1cc(F)c([As])c(Cl)c1C2. The third-order valence-corrected chi connectivity index (χ3v) is 7.37. The molecule has 1 nitrogen and oxygen atoms in total. The molecule has 0 N–H and O–H groups in total. The zero-order valence-electron chi connectivity index (χ0n) is 12.3. The summed E-state index contributed by atoms with van der Waals surface area (Å²) in [6, 6.07) is 1.55. The number of allylic oxidation sites excluding steroid dienone is 2. The van der Waals surface area contributed by atoms with Gasteiger partial charge in [-0.15, -0.1) is 0 Å². The Morgan fingerprint density at radius 3 is 2.91 bits per heavy atom. The van der Waals surface area contributed by atoms with E-state index in [-0.39, 0.29) is 17.0 Å². The van der Waals surface area contributed by atoms with Gasteiger partial charge in [0.25, 0.3) is 0 Å². The van der Waals surface area contributed by atoms with Gasteiger partial charge in [-0.2, -0.15) is 0 Å². The first kappa shape index (κ1) is 16.7. The number of Topliss-reactive ketones (excluding diaryl/α,β-unsaturated/α-hetero) is 1. The van der Waals surface area contributed by atoms with Crippen molar-refractivity contribution in [2.24, 2.45) is 5.41 Å². The molecule has 1 aromatic rings. The summed E-state index contributed by atoms with van der Waals surface area (Å²) < 4.78 is 15.2. The van der Waals surface area contributed by atoms with Crippen LogP contribution in [0, 0.1) is 11.2 Å². The normalized spacial score (nSPS) is 23.8. The second-order valence-corrected chi connectivity index (χ2v) is 8.33. The third-order valence-electron chi connectivity index (χ3n) is 4.91. The van der Waals surface area contributed by atoms with Crippen LogP contribution in [0.3, 0.4) is 0 Å². The van der Waals surface area contributed by atoms with Gasteiger partial charge in [0.05, 0.1) is 0 Å². The Hall–Kier alpha value is -0.112. The summed E-state index contributed by atoms with van der Waals surface area (Å²) in [6.07, 6.45) is 5.41. The van der Waals surface area contributed by atoms with E-state index in [4.69, 9.17) is 11.6 Å². The number of unbranched alkanes of at least 4 members (excludes halogenated alkanes) is 1. The molecule has 0 heterocycles. The minimum atomic E-state index is -0.319. The Labute approximate surface area is 152 Å². The van der Waals surface area contributed by atoms with Gasteiger partial charge in [-0.05, 0) is 0 Å². The first-order valence-electron chi connectivity index (χ1n) is 7.55. The van der Waals surface area contributed by atoms with Gasteiger partial charge in [0.2, 0.25) is 0 Å². The van der Waals surface area contributed by atoms with Crippen LogP contribution < -0.4 is 4.35 Å². The fourth-order valence-corrected chi connectivity index (χ4v) is 5.29. The van der Waals surface area contributed by atoms with Crippen molar-refractivity contribution in [1.82, 2.24) is 0 Å².